The molecule has 1 heterocycles. The van der Waals surface area contributed by atoms with Crippen LogP contribution in [-0.2, 0) is 6.42 Å². The van der Waals surface area contributed by atoms with E-state index in [0.29, 0.717) is 6.04 Å². The van der Waals surface area contributed by atoms with Gasteiger partial charge in [-0.05, 0) is 43.7 Å². The van der Waals surface area contributed by atoms with E-state index in [1.54, 1.807) is 0 Å². The zero-order chi connectivity index (χ0) is 15.2. The van der Waals surface area contributed by atoms with E-state index in [4.69, 9.17) is 4.74 Å². The zero-order valence-electron chi connectivity index (χ0n) is 13.3. The number of benzene rings is 1. The Bertz CT molecular complexity index is 543. The van der Waals surface area contributed by atoms with Crippen LogP contribution in [0.25, 0.3) is 11.3 Å². The minimum Gasteiger partial charge on any atom is -0.491 e. The number of nitrogens with zero attached hydrogens (tertiary/aromatic N) is 1. The van der Waals surface area contributed by atoms with Gasteiger partial charge in [0, 0.05) is 19.0 Å². The molecule has 1 aromatic carbocycles. The van der Waals surface area contributed by atoms with Crippen molar-refractivity contribution >= 4 is 0 Å². The Hall–Kier alpha value is -1.81. The Morgan fingerprint density at radius 1 is 1.14 bits per heavy atom. The molecule has 2 N–H and O–H groups in total. The Morgan fingerprint density at radius 3 is 2.48 bits per heavy atom. The number of nitrogens with one attached hydrogen (secondary N) is 2. The van der Waals surface area contributed by atoms with Gasteiger partial charge < -0.3 is 15.0 Å². The number of imidazole rings is 1. The first-order valence-electron chi connectivity index (χ1n) is 7.59. The Balaban J connectivity index is 1.97. The van der Waals surface area contributed by atoms with Crippen molar-refractivity contribution in [2.24, 2.45) is 0 Å². The summed E-state index contributed by atoms with van der Waals surface area (Å²) in [6, 6.07) is 8.61. The molecule has 0 atom stereocenters. The van der Waals surface area contributed by atoms with E-state index in [0.717, 1.165) is 35.8 Å². The maximum Gasteiger partial charge on any atom is 0.119 e. The van der Waals surface area contributed by atoms with E-state index in [9.17, 15) is 0 Å². The maximum atomic E-state index is 5.65. The molecule has 0 amide bonds. The number of rotatable bonds is 7. The molecule has 4 heteroatoms. The molecule has 0 aliphatic heterocycles. The number of hydrogen-bond donors (Lipinski definition) is 2. The first-order valence-corrected chi connectivity index (χ1v) is 7.59. The molecule has 0 spiro atoms. The van der Waals surface area contributed by atoms with Gasteiger partial charge in [-0.25, -0.2) is 4.98 Å². The van der Waals surface area contributed by atoms with Gasteiger partial charge in [-0.3, -0.25) is 0 Å². The van der Waals surface area contributed by atoms with E-state index in [1.807, 2.05) is 32.2 Å². The van der Waals surface area contributed by atoms with Crippen molar-refractivity contribution in [3.63, 3.8) is 0 Å². The molecule has 0 unspecified atom stereocenters. The summed E-state index contributed by atoms with van der Waals surface area (Å²) < 4.78 is 5.65. The van der Waals surface area contributed by atoms with Crippen LogP contribution >= 0.6 is 0 Å². The number of aromatic nitrogens is 2. The third-order valence-electron chi connectivity index (χ3n) is 3.08. The summed E-state index contributed by atoms with van der Waals surface area (Å²) in [4.78, 5) is 7.80. The van der Waals surface area contributed by atoms with Crippen LogP contribution in [-0.4, -0.2) is 28.7 Å². The van der Waals surface area contributed by atoms with Crippen LogP contribution in [0.2, 0.25) is 0 Å². The Labute approximate surface area is 127 Å². The molecule has 1 aromatic heterocycles. The third kappa shape index (κ3) is 4.90. The standard InChI is InChI=1S/C17H25N3O/c1-12(2)18-10-9-17-19-11-16(20-17)14-5-7-15(8-6-14)21-13(3)4/h5-8,11-13,18H,9-10H2,1-4H3,(H,19,20). The monoisotopic (exact) mass is 287 g/mol. The number of aromatic amines is 1. The molecular formula is C17H25N3O. The molecule has 114 valence electrons. The first kappa shape index (κ1) is 15.6. The molecule has 0 fully saturated rings. The van der Waals surface area contributed by atoms with Gasteiger partial charge in [0.25, 0.3) is 0 Å². The van der Waals surface area contributed by atoms with E-state index < -0.39 is 0 Å². The van der Waals surface area contributed by atoms with Crippen LogP contribution in [0.5, 0.6) is 5.75 Å². The predicted molar refractivity (Wildman–Crippen MR) is 86.6 cm³/mol. The first-order chi connectivity index (χ1) is 10.0. The van der Waals surface area contributed by atoms with Crippen LogP contribution in [0.15, 0.2) is 30.5 Å². The fourth-order valence-electron chi connectivity index (χ4n) is 2.10. The molecule has 0 radical (unpaired) electrons. The van der Waals surface area contributed by atoms with Gasteiger partial charge in [0.15, 0.2) is 0 Å². The Morgan fingerprint density at radius 2 is 1.86 bits per heavy atom. The highest BCUT2D eigenvalue weighted by Crippen LogP contribution is 2.21. The highest BCUT2D eigenvalue weighted by atomic mass is 16.5. The zero-order valence-corrected chi connectivity index (χ0v) is 13.3. The van der Waals surface area contributed by atoms with Crippen molar-refractivity contribution < 1.29 is 4.74 Å². The molecule has 2 rings (SSSR count). The van der Waals surface area contributed by atoms with Gasteiger partial charge in [-0.15, -0.1) is 0 Å². The minimum atomic E-state index is 0.197. The highest BCUT2D eigenvalue weighted by Gasteiger charge is 2.04. The topological polar surface area (TPSA) is 49.9 Å². The lowest BCUT2D eigenvalue weighted by Crippen LogP contribution is -2.25. The molecular weight excluding hydrogens is 262 g/mol. The normalized spacial score (nSPS) is 11.3. The van der Waals surface area contributed by atoms with Crippen molar-refractivity contribution in [2.45, 2.75) is 46.3 Å². The SMILES string of the molecule is CC(C)NCCc1ncc(-c2ccc(OC(C)C)cc2)[nH]1. The van der Waals surface area contributed by atoms with Crippen molar-refractivity contribution in [3.05, 3.63) is 36.3 Å². The lowest BCUT2D eigenvalue weighted by atomic mass is 10.1. The van der Waals surface area contributed by atoms with Crippen molar-refractivity contribution in [3.8, 4) is 17.0 Å². The van der Waals surface area contributed by atoms with Gasteiger partial charge in [0.05, 0.1) is 18.0 Å². The molecule has 0 saturated carbocycles. The molecule has 0 saturated heterocycles. The maximum absolute atomic E-state index is 5.65. The fraction of sp³-hybridized carbons (Fsp3) is 0.471. The smallest absolute Gasteiger partial charge is 0.119 e. The molecule has 2 aromatic rings. The van der Waals surface area contributed by atoms with E-state index in [2.05, 4.69) is 41.3 Å². The minimum absolute atomic E-state index is 0.197. The molecule has 4 nitrogen and oxygen atoms in total. The number of hydrogen-bond acceptors (Lipinski definition) is 3. The van der Waals surface area contributed by atoms with Crippen LogP contribution in [0.1, 0.15) is 33.5 Å². The van der Waals surface area contributed by atoms with Crippen LogP contribution < -0.4 is 10.1 Å². The lowest BCUT2D eigenvalue weighted by Gasteiger charge is -2.09. The number of H-pyrrole nitrogens is 1. The van der Waals surface area contributed by atoms with Gasteiger partial charge in [0.2, 0.25) is 0 Å². The molecule has 21 heavy (non-hydrogen) atoms. The largest absolute Gasteiger partial charge is 0.491 e. The van der Waals surface area contributed by atoms with Crippen molar-refractivity contribution in [1.82, 2.24) is 15.3 Å². The van der Waals surface area contributed by atoms with Crippen LogP contribution in [0, 0.1) is 0 Å². The molecule has 0 bridgehead atoms. The van der Waals surface area contributed by atoms with E-state index >= 15 is 0 Å². The molecule has 0 aliphatic rings. The van der Waals surface area contributed by atoms with E-state index in [1.165, 1.54) is 0 Å². The highest BCUT2D eigenvalue weighted by molar-refractivity contribution is 5.59. The van der Waals surface area contributed by atoms with Gasteiger partial charge >= 0.3 is 0 Å². The molecule has 0 aliphatic carbocycles. The summed E-state index contributed by atoms with van der Waals surface area (Å²) in [5.74, 6) is 1.91. The second-order valence-electron chi connectivity index (χ2n) is 5.79. The van der Waals surface area contributed by atoms with Crippen LogP contribution in [0.3, 0.4) is 0 Å². The second kappa shape index (κ2) is 7.27. The van der Waals surface area contributed by atoms with Crippen molar-refractivity contribution in [2.75, 3.05) is 6.54 Å². The fourth-order valence-corrected chi connectivity index (χ4v) is 2.10. The predicted octanol–water partition coefficient (Wildman–Crippen LogP) is 3.40. The quantitative estimate of drug-likeness (QED) is 0.820. The van der Waals surface area contributed by atoms with E-state index in [-0.39, 0.29) is 6.10 Å². The second-order valence-corrected chi connectivity index (χ2v) is 5.79. The van der Waals surface area contributed by atoms with Gasteiger partial charge in [-0.1, -0.05) is 13.8 Å². The number of ether oxygens (including phenoxy) is 1. The van der Waals surface area contributed by atoms with Crippen LogP contribution in [0.4, 0.5) is 0 Å². The summed E-state index contributed by atoms with van der Waals surface area (Å²) in [5, 5.41) is 3.39. The summed E-state index contributed by atoms with van der Waals surface area (Å²) in [5.41, 5.74) is 2.17. The van der Waals surface area contributed by atoms with Gasteiger partial charge in [-0.2, -0.15) is 0 Å². The third-order valence-corrected chi connectivity index (χ3v) is 3.08. The van der Waals surface area contributed by atoms with Gasteiger partial charge in [0.1, 0.15) is 11.6 Å². The summed E-state index contributed by atoms with van der Waals surface area (Å²) in [6.07, 6.45) is 3.00. The summed E-state index contributed by atoms with van der Waals surface area (Å²) in [6.45, 7) is 9.29. The Kier molecular flexibility index (Phi) is 5.39. The average Bonchev–Trinajstić information content (AvgIpc) is 2.87. The average molecular weight is 287 g/mol. The summed E-state index contributed by atoms with van der Waals surface area (Å²) >= 11 is 0. The van der Waals surface area contributed by atoms with Crippen molar-refractivity contribution in [1.29, 1.82) is 0 Å². The summed E-state index contributed by atoms with van der Waals surface area (Å²) in [7, 11) is 0. The lowest BCUT2D eigenvalue weighted by molar-refractivity contribution is 0.242.